The molecule has 2 heterocycles. The van der Waals surface area contributed by atoms with Crippen LogP contribution in [0.25, 0.3) is 5.70 Å². The summed E-state index contributed by atoms with van der Waals surface area (Å²) < 4.78 is 0. The summed E-state index contributed by atoms with van der Waals surface area (Å²) >= 11 is 0. The number of aromatic carboxylic acids is 1. The van der Waals surface area contributed by atoms with Crippen molar-refractivity contribution in [3.8, 4) is 5.88 Å². The van der Waals surface area contributed by atoms with Gasteiger partial charge in [-0.05, 0) is 12.8 Å². The molecular formula is C10H9N3O3. The molecule has 2 N–H and O–H groups in total. The van der Waals surface area contributed by atoms with Gasteiger partial charge in [0, 0.05) is 12.4 Å². The molecule has 0 atom stereocenters. The summed E-state index contributed by atoms with van der Waals surface area (Å²) in [5.74, 6) is -1.57. The first-order chi connectivity index (χ1) is 7.68. The highest BCUT2D eigenvalue weighted by molar-refractivity contribution is 5.89. The lowest BCUT2D eigenvalue weighted by Crippen LogP contribution is -2.03. The zero-order valence-electron chi connectivity index (χ0n) is 8.29. The number of carbonyl (C=O) groups is 1. The summed E-state index contributed by atoms with van der Waals surface area (Å²) in [7, 11) is 0. The van der Waals surface area contributed by atoms with Crippen LogP contribution in [0.2, 0.25) is 0 Å². The van der Waals surface area contributed by atoms with Crippen molar-refractivity contribution >= 4 is 17.9 Å². The molecule has 0 fully saturated rings. The van der Waals surface area contributed by atoms with Crippen LogP contribution in [0, 0.1) is 0 Å². The Kier molecular flexibility index (Phi) is 2.63. The van der Waals surface area contributed by atoms with Crippen LogP contribution in [0.3, 0.4) is 0 Å². The second-order valence-electron chi connectivity index (χ2n) is 3.21. The van der Waals surface area contributed by atoms with Crippen LogP contribution in [0.1, 0.15) is 29.0 Å². The minimum Gasteiger partial charge on any atom is -0.493 e. The summed E-state index contributed by atoms with van der Waals surface area (Å²) in [5, 5.41) is 18.1. The number of rotatable bonds is 2. The Balaban J connectivity index is 2.38. The van der Waals surface area contributed by atoms with Gasteiger partial charge in [0.15, 0.2) is 5.82 Å². The maximum atomic E-state index is 10.6. The number of carboxylic acid groups (broad SMARTS) is 1. The van der Waals surface area contributed by atoms with Crippen LogP contribution in [-0.2, 0) is 0 Å². The number of aromatic nitrogens is 2. The Hall–Kier alpha value is -2.24. The molecule has 6 nitrogen and oxygen atoms in total. The number of aliphatic imine (C=N–C) groups is 1. The largest absolute Gasteiger partial charge is 0.493 e. The van der Waals surface area contributed by atoms with Crippen LogP contribution in [0.4, 0.5) is 0 Å². The summed E-state index contributed by atoms with van der Waals surface area (Å²) in [6.07, 6.45) is 6.35. The number of nitrogens with zero attached hydrogens (tertiary/aromatic N) is 3. The lowest BCUT2D eigenvalue weighted by Gasteiger charge is -2.05. The van der Waals surface area contributed by atoms with E-state index in [0.717, 1.165) is 19.0 Å². The second-order valence-corrected chi connectivity index (χ2v) is 3.21. The fraction of sp³-hybridized carbons (Fsp3) is 0.200. The number of aromatic hydroxyl groups is 1. The summed E-state index contributed by atoms with van der Waals surface area (Å²) in [6, 6.07) is 0. The predicted octanol–water partition coefficient (Wildman–Crippen LogP) is 1.09. The molecule has 2 rings (SSSR count). The molecule has 1 aliphatic rings. The third-order valence-electron chi connectivity index (χ3n) is 2.09. The Morgan fingerprint density at radius 2 is 2.19 bits per heavy atom. The molecule has 0 spiro atoms. The highest BCUT2D eigenvalue weighted by Crippen LogP contribution is 2.20. The van der Waals surface area contributed by atoms with Gasteiger partial charge in [-0.15, -0.1) is 0 Å². The first-order valence-corrected chi connectivity index (χ1v) is 4.71. The number of carboxylic acids is 1. The quantitative estimate of drug-likeness (QED) is 0.776. The Morgan fingerprint density at radius 1 is 1.38 bits per heavy atom. The minimum absolute atomic E-state index is 0.235. The van der Waals surface area contributed by atoms with E-state index in [1.54, 1.807) is 6.21 Å². The van der Waals surface area contributed by atoms with E-state index >= 15 is 0 Å². The van der Waals surface area contributed by atoms with Gasteiger partial charge in [0.2, 0.25) is 5.88 Å². The average molecular weight is 219 g/mol. The average Bonchev–Trinajstić information content (AvgIpc) is 2.29. The Bertz CT molecular complexity index is 494. The van der Waals surface area contributed by atoms with E-state index in [9.17, 15) is 9.90 Å². The molecule has 82 valence electrons. The standard InChI is InChI=1S/C10H9N3O3/c14-9-6(10(15)16)5-12-8(13-9)7-3-1-2-4-11-7/h3-5H,1-2H2,(H,15,16)(H,12,13,14). The molecule has 0 radical (unpaired) electrons. The van der Waals surface area contributed by atoms with Gasteiger partial charge in [-0.25, -0.2) is 9.78 Å². The van der Waals surface area contributed by atoms with E-state index < -0.39 is 11.8 Å². The van der Waals surface area contributed by atoms with Crippen molar-refractivity contribution in [1.29, 1.82) is 0 Å². The van der Waals surface area contributed by atoms with Gasteiger partial charge in [-0.2, -0.15) is 4.98 Å². The summed E-state index contributed by atoms with van der Waals surface area (Å²) in [6.45, 7) is 0. The smallest absolute Gasteiger partial charge is 0.342 e. The van der Waals surface area contributed by atoms with E-state index in [1.165, 1.54) is 0 Å². The van der Waals surface area contributed by atoms with Gasteiger partial charge in [0.05, 0.1) is 0 Å². The molecule has 16 heavy (non-hydrogen) atoms. The minimum atomic E-state index is -1.26. The monoisotopic (exact) mass is 219 g/mol. The molecule has 6 heteroatoms. The van der Waals surface area contributed by atoms with Crippen LogP contribution < -0.4 is 0 Å². The number of allylic oxidation sites excluding steroid dienone is 1. The van der Waals surface area contributed by atoms with Crippen LogP contribution in [0.15, 0.2) is 17.3 Å². The van der Waals surface area contributed by atoms with Crippen molar-refractivity contribution in [2.24, 2.45) is 4.99 Å². The second kappa shape index (κ2) is 4.09. The van der Waals surface area contributed by atoms with E-state index in [1.807, 2.05) is 6.08 Å². The van der Waals surface area contributed by atoms with Gasteiger partial charge in [-0.1, -0.05) is 6.08 Å². The molecule has 0 unspecified atom stereocenters. The van der Waals surface area contributed by atoms with Gasteiger partial charge in [-0.3, -0.25) is 4.99 Å². The zero-order valence-corrected chi connectivity index (χ0v) is 8.29. The van der Waals surface area contributed by atoms with Crippen molar-refractivity contribution in [3.05, 3.63) is 23.7 Å². The fourth-order valence-corrected chi connectivity index (χ4v) is 1.31. The molecular weight excluding hydrogens is 210 g/mol. The highest BCUT2D eigenvalue weighted by Gasteiger charge is 2.14. The molecule has 1 aromatic rings. The molecule has 0 bridgehead atoms. The van der Waals surface area contributed by atoms with E-state index in [-0.39, 0.29) is 11.4 Å². The van der Waals surface area contributed by atoms with E-state index in [4.69, 9.17) is 5.11 Å². The first-order valence-electron chi connectivity index (χ1n) is 4.71. The van der Waals surface area contributed by atoms with Gasteiger partial charge in [0.25, 0.3) is 0 Å². The SMILES string of the molecule is O=C(O)c1cnc(C2=CCCC=N2)nc1O. The van der Waals surface area contributed by atoms with Gasteiger partial charge in [0.1, 0.15) is 11.3 Å². The Labute approximate surface area is 91.0 Å². The molecule has 0 saturated heterocycles. The molecule has 0 aliphatic carbocycles. The van der Waals surface area contributed by atoms with Crippen LogP contribution >= 0.6 is 0 Å². The van der Waals surface area contributed by atoms with Crippen molar-refractivity contribution in [3.63, 3.8) is 0 Å². The normalized spacial score (nSPS) is 14.6. The summed E-state index contributed by atoms with van der Waals surface area (Å²) in [5.41, 5.74) is 0.239. The molecule has 0 saturated carbocycles. The highest BCUT2D eigenvalue weighted by atomic mass is 16.4. The lowest BCUT2D eigenvalue weighted by molar-refractivity contribution is 0.0692. The number of hydrogen-bond donors (Lipinski definition) is 2. The predicted molar refractivity (Wildman–Crippen MR) is 56.4 cm³/mol. The maximum absolute atomic E-state index is 10.6. The van der Waals surface area contributed by atoms with E-state index in [2.05, 4.69) is 15.0 Å². The van der Waals surface area contributed by atoms with Gasteiger partial charge >= 0.3 is 5.97 Å². The third-order valence-corrected chi connectivity index (χ3v) is 2.09. The zero-order chi connectivity index (χ0) is 11.5. The molecule has 1 aromatic heterocycles. The summed E-state index contributed by atoms with van der Waals surface area (Å²) in [4.78, 5) is 22.2. The topological polar surface area (TPSA) is 95.7 Å². The first kappa shape index (κ1) is 10.3. The van der Waals surface area contributed by atoms with Crippen molar-refractivity contribution in [1.82, 2.24) is 9.97 Å². The van der Waals surface area contributed by atoms with Crippen LogP contribution in [-0.4, -0.2) is 32.4 Å². The van der Waals surface area contributed by atoms with Crippen molar-refractivity contribution in [2.75, 3.05) is 0 Å². The van der Waals surface area contributed by atoms with Crippen LogP contribution in [0.5, 0.6) is 5.88 Å². The third kappa shape index (κ3) is 1.90. The molecule has 0 amide bonds. The Morgan fingerprint density at radius 3 is 2.75 bits per heavy atom. The lowest BCUT2D eigenvalue weighted by atomic mass is 10.2. The van der Waals surface area contributed by atoms with E-state index in [0.29, 0.717) is 5.70 Å². The fourth-order valence-electron chi connectivity index (χ4n) is 1.31. The van der Waals surface area contributed by atoms with Crippen molar-refractivity contribution < 1.29 is 15.0 Å². The maximum Gasteiger partial charge on any atom is 0.342 e. The van der Waals surface area contributed by atoms with Crippen molar-refractivity contribution in [2.45, 2.75) is 12.8 Å². The molecule has 1 aliphatic heterocycles. The molecule has 0 aromatic carbocycles. The number of hydrogen-bond acceptors (Lipinski definition) is 5. The van der Waals surface area contributed by atoms with Gasteiger partial charge < -0.3 is 10.2 Å².